The Labute approximate surface area is 153 Å². The number of hydrogen-bond donors (Lipinski definition) is 3. The van der Waals surface area contributed by atoms with Crippen molar-refractivity contribution < 1.29 is 9.53 Å². The average Bonchev–Trinajstić information content (AvgIpc) is 2.67. The smallest absolute Gasteiger partial charge is 0.252 e. The maximum atomic E-state index is 11.5. The molecule has 1 fully saturated rings. The molecule has 1 aromatic heterocycles. The van der Waals surface area contributed by atoms with Crippen molar-refractivity contribution in [3.63, 3.8) is 0 Å². The van der Waals surface area contributed by atoms with Crippen LogP contribution < -0.4 is 16.4 Å². The fraction of sp³-hybridized carbons (Fsp3) is 0.300. The summed E-state index contributed by atoms with van der Waals surface area (Å²) in [6.07, 6.45) is 8.84. The molecule has 1 aromatic carbocycles. The van der Waals surface area contributed by atoms with Crippen LogP contribution in [0.2, 0.25) is 0 Å². The second kappa shape index (κ2) is 8.37. The molecule has 6 nitrogen and oxygen atoms in total. The summed E-state index contributed by atoms with van der Waals surface area (Å²) in [5, 5.41) is 6.23. The van der Waals surface area contributed by atoms with Crippen LogP contribution in [0, 0.1) is 12.3 Å². The van der Waals surface area contributed by atoms with Gasteiger partial charge in [0.2, 0.25) is 0 Å². The molecule has 1 aliphatic heterocycles. The van der Waals surface area contributed by atoms with Crippen molar-refractivity contribution in [1.82, 2.24) is 4.98 Å². The molecular formula is C20H22N4O2. The van der Waals surface area contributed by atoms with Gasteiger partial charge in [0.1, 0.15) is 5.82 Å². The van der Waals surface area contributed by atoms with E-state index in [1.807, 2.05) is 12.1 Å². The maximum Gasteiger partial charge on any atom is 0.252 e. The minimum Gasteiger partial charge on any atom is -0.381 e. The topological polar surface area (TPSA) is 89.3 Å². The van der Waals surface area contributed by atoms with Crippen molar-refractivity contribution >= 4 is 23.1 Å². The molecule has 4 N–H and O–H groups in total. The Bertz CT molecular complexity index is 806. The second-order valence-corrected chi connectivity index (χ2v) is 6.17. The first-order valence-corrected chi connectivity index (χ1v) is 8.59. The van der Waals surface area contributed by atoms with Crippen molar-refractivity contribution in [2.24, 2.45) is 5.73 Å². The van der Waals surface area contributed by atoms with Crippen LogP contribution in [0.4, 0.5) is 17.2 Å². The summed E-state index contributed by atoms with van der Waals surface area (Å²) in [6.45, 7) is 1.95. The van der Waals surface area contributed by atoms with Crippen LogP contribution in [0.5, 0.6) is 0 Å². The molecule has 0 bridgehead atoms. The SMILES string of the molecule is C#CCNc1cc(Nc2ccc(C3CCOCC3)cc2)ncc1C(N)=O. The van der Waals surface area contributed by atoms with Crippen molar-refractivity contribution in [1.29, 1.82) is 0 Å². The molecule has 0 unspecified atom stereocenters. The van der Waals surface area contributed by atoms with Gasteiger partial charge in [-0.25, -0.2) is 4.98 Å². The van der Waals surface area contributed by atoms with E-state index < -0.39 is 5.91 Å². The Kier molecular flexibility index (Phi) is 5.72. The molecule has 26 heavy (non-hydrogen) atoms. The van der Waals surface area contributed by atoms with E-state index in [9.17, 15) is 4.79 Å². The van der Waals surface area contributed by atoms with Crippen LogP contribution in [-0.4, -0.2) is 30.6 Å². The van der Waals surface area contributed by atoms with Crippen LogP contribution in [0.1, 0.15) is 34.7 Å². The van der Waals surface area contributed by atoms with E-state index in [4.69, 9.17) is 16.9 Å². The number of primary amides is 1. The van der Waals surface area contributed by atoms with Gasteiger partial charge in [-0.1, -0.05) is 18.1 Å². The molecule has 0 saturated carbocycles. The van der Waals surface area contributed by atoms with E-state index in [0.717, 1.165) is 31.7 Å². The zero-order valence-electron chi connectivity index (χ0n) is 14.5. The zero-order chi connectivity index (χ0) is 18.4. The van der Waals surface area contributed by atoms with Gasteiger partial charge in [-0.3, -0.25) is 4.79 Å². The van der Waals surface area contributed by atoms with Gasteiger partial charge in [0, 0.05) is 31.2 Å². The Hall–Kier alpha value is -3.04. The predicted molar refractivity (Wildman–Crippen MR) is 103 cm³/mol. The number of benzene rings is 1. The van der Waals surface area contributed by atoms with E-state index in [1.165, 1.54) is 11.8 Å². The lowest BCUT2D eigenvalue weighted by molar-refractivity contribution is 0.0853. The molecule has 6 heteroatoms. The number of nitrogens with two attached hydrogens (primary N) is 1. The molecule has 2 aromatic rings. The van der Waals surface area contributed by atoms with Crippen LogP contribution in [0.15, 0.2) is 36.5 Å². The second-order valence-electron chi connectivity index (χ2n) is 6.17. The standard InChI is InChI=1S/C20H22N4O2/c1-2-9-22-18-12-19(23-13-17(18)20(21)25)24-16-5-3-14(4-6-16)15-7-10-26-11-8-15/h1,3-6,12-13,15H,7-11H2,(H2,21,25)(H2,22,23,24). The first-order valence-electron chi connectivity index (χ1n) is 8.59. The highest BCUT2D eigenvalue weighted by Gasteiger charge is 2.15. The number of nitrogens with zero attached hydrogens (tertiary/aromatic N) is 1. The van der Waals surface area contributed by atoms with Crippen molar-refractivity contribution in [3.8, 4) is 12.3 Å². The third-order valence-corrected chi connectivity index (χ3v) is 4.43. The number of carbonyl (C=O) groups is 1. The molecule has 134 valence electrons. The summed E-state index contributed by atoms with van der Waals surface area (Å²) >= 11 is 0. The van der Waals surface area contributed by atoms with Gasteiger partial charge < -0.3 is 21.1 Å². The lowest BCUT2D eigenvalue weighted by atomic mass is 9.92. The number of hydrogen-bond acceptors (Lipinski definition) is 5. The van der Waals surface area contributed by atoms with E-state index >= 15 is 0 Å². The number of terminal acetylenes is 1. The summed E-state index contributed by atoms with van der Waals surface area (Å²) in [5.74, 6) is 3.09. The fourth-order valence-electron chi connectivity index (χ4n) is 3.03. The van der Waals surface area contributed by atoms with Crippen LogP contribution >= 0.6 is 0 Å². The molecule has 3 rings (SSSR count). The maximum absolute atomic E-state index is 11.5. The number of rotatable bonds is 6. The molecule has 1 amide bonds. The highest BCUT2D eigenvalue weighted by atomic mass is 16.5. The number of pyridine rings is 1. The highest BCUT2D eigenvalue weighted by Crippen LogP contribution is 2.28. The van der Waals surface area contributed by atoms with E-state index in [0.29, 0.717) is 29.5 Å². The van der Waals surface area contributed by atoms with E-state index in [-0.39, 0.29) is 0 Å². The third-order valence-electron chi connectivity index (χ3n) is 4.43. The van der Waals surface area contributed by atoms with Crippen molar-refractivity contribution in [2.45, 2.75) is 18.8 Å². The number of aromatic nitrogens is 1. The minimum absolute atomic E-state index is 0.295. The van der Waals surface area contributed by atoms with Crippen molar-refractivity contribution in [3.05, 3.63) is 47.7 Å². The first-order chi connectivity index (χ1) is 12.7. The third kappa shape index (κ3) is 4.32. The molecule has 1 saturated heterocycles. The molecule has 2 heterocycles. The minimum atomic E-state index is -0.551. The largest absolute Gasteiger partial charge is 0.381 e. The number of ether oxygens (including phenoxy) is 1. The van der Waals surface area contributed by atoms with Crippen LogP contribution in [-0.2, 0) is 4.74 Å². The van der Waals surface area contributed by atoms with Gasteiger partial charge in [0.25, 0.3) is 5.91 Å². The van der Waals surface area contributed by atoms with Crippen molar-refractivity contribution in [2.75, 3.05) is 30.4 Å². The van der Waals surface area contributed by atoms with Gasteiger partial charge in [0.15, 0.2) is 0 Å². The van der Waals surface area contributed by atoms with Crippen LogP contribution in [0.3, 0.4) is 0 Å². The first kappa shape index (κ1) is 17.8. The Balaban J connectivity index is 1.73. The quantitative estimate of drug-likeness (QED) is 0.697. The summed E-state index contributed by atoms with van der Waals surface area (Å²) in [6, 6.07) is 10.1. The van der Waals surface area contributed by atoms with Gasteiger partial charge in [-0.15, -0.1) is 6.42 Å². The predicted octanol–water partition coefficient (Wildman–Crippen LogP) is 2.86. The Morgan fingerprint density at radius 1 is 1.31 bits per heavy atom. The van der Waals surface area contributed by atoms with Gasteiger partial charge >= 0.3 is 0 Å². The number of amides is 1. The fourth-order valence-corrected chi connectivity index (χ4v) is 3.03. The zero-order valence-corrected chi connectivity index (χ0v) is 14.5. The van der Waals surface area contributed by atoms with Gasteiger partial charge in [-0.05, 0) is 36.5 Å². The average molecular weight is 350 g/mol. The number of nitrogens with one attached hydrogen (secondary N) is 2. The lowest BCUT2D eigenvalue weighted by Gasteiger charge is -2.22. The molecule has 1 aliphatic rings. The monoisotopic (exact) mass is 350 g/mol. The Morgan fingerprint density at radius 3 is 2.69 bits per heavy atom. The summed E-state index contributed by atoms with van der Waals surface area (Å²) < 4.78 is 5.42. The molecular weight excluding hydrogens is 328 g/mol. The molecule has 0 radical (unpaired) electrons. The van der Waals surface area contributed by atoms with Gasteiger partial charge in [-0.2, -0.15) is 0 Å². The van der Waals surface area contributed by atoms with Crippen LogP contribution in [0.25, 0.3) is 0 Å². The number of anilines is 3. The lowest BCUT2D eigenvalue weighted by Crippen LogP contribution is -2.15. The van der Waals surface area contributed by atoms with E-state index in [2.05, 4.69) is 33.7 Å². The van der Waals surface area contributed by atoms with E-state index in [1.54, 1.807) is 6.07 Å². The summed E-state index contributed by atoms with van der Waals surface area (Å²) in [7, 11) is 0. The molecule has 0 aliphatic carbocycles. The summed E-state index contributed by atoms with van der Waals surface area (Å²) in [5.41, 5.74) is 8.49. The van der Waals surface area contributed by atoms with Gasteiger partial charge in [0.05, 0.1) is 17.8 Å². The highest BCUT2D eigenvalue weighted by molar-refractivity contribution is 5.98. The summed E-state index contributed by atoms with van der Waals surface area (Å²) in [4.78, 5) is 15.8. The molecule has 0 spiro atoms. The number of carbonyl (C=O) groups excluding carboxylic acids is 1. The normalized spacial score (nSPS) is 14.4. The molecule has 0 atom stereocenters. The Morgan fingerprint density at radius 2 is 2.04 bits per heavy atom.